The minimum absolute atomic E-state index is 0.0122. The van der Waals surface area contributed by atoms with Gasteiger partial charge in [0.05, 0.1) is 31.5 Å². The number of halogens is 1. The molecule has 0 spiro atoms. The number of hydrogen-bond donors (Lipinski definition) is 0. The maximum atomic E-state index is 13.7. The largest absolute Gasteiger partial charge is 0.441 e. The van der Waals surface area contributed by atoms with Crippen molar-refractivity contribution in [3.63, 3.8) is 0 Å². The van der Waals surface area contributed by atoms with Crippen LogP contribution in [0.1, 0.15) is 40.5 Å². The van der Waals surface area contributed by atoms with Crippen LogP contribution in [0.4, 0.5) is 4.39 Å². The smallest absolute Gasteiger partial charge is 0.257 e. The lowest BCUT2D eigenvalue weighted by atomic mass is 10.2. The van der Waals surface area contributed by atoms with Gasteiger partial charge < -0.3 is 14.1 Å². The lowest BCUT2D eigenvalue weighted by molar-refractivity contribution is 0.0724. The van der Waals surface area contributed by atoms with Gasteiger partial charge in [0.1, 0.15) is 18.1 Å². The average molecular weight is 317 g/mol. The molecule has 3 heterocycles. The Bertz CT molecular complexity index is 718. The number of carbonyl (C=O) groups excluding carboxylic acids is 1. The minimum Gasteiger partial charge on any atom is -0.441 e. The average Bonchev–Trinajstić information content (AvgIpc) is 3.15. The maximum absolute atomic E-state index is 13.7. The van der Waals surface area contributed by atoms with Gasteiger partial charge >= 0.3 is 0 Å². The van der Waals surface area contributed by atoms with E-state index in [4.69, 9.17) is 9.15 Å². The second-order valence-electron chi connectivity index (χ2n) is 5.95. The molecule has 1 aliphatic carbocycles. The van der Waals surface area contributed by atoms with Gasteiger partial charge in [-0.25, -0.2) is 9.37 Å². The second kappa shape index (κ2) is 5.73. The fourth-order valence-corrected chi connectivity index (χ4v) is 2.62. The topological polar surface area (TPSA) is 68.5 Å². The van der Waals surface area contributed by atoms with Crippen molar-refractivity contribution < 1.29 is 18.3 Å². The summed E-state index contributed by atoms with van der Waals surface area (Å²) < 4.78 is 24.8. The number of fused-ring (bicyclic) bond motifs is 1. The molecule has 1 aliphatic heterocycles. The molecule has 1 saturated carbocycles. The molecule has 6 nitrogen and oxygen atoms in total. The monoisotopic (exact) mass is 317 g/mol. The first-order valence-corrected chi connectivity index (χ1v) is 7.64. The van der Waals surface area contributed by atoms with Crippen LogP contribution in [0.3, 0.4) is 0 Å². The van der Waals surface area contributed by atoms with E-state index in [1.54, 1.807) is 0 Å². The molecule has 0 N–H and O–H groups in total. The number of aromatic nitrogens is 2. The van der Waals surface area contributed by atoms with Gasteiger partial charge in [-0.3, -0.25) is 9.78 Å². The van der Waals surface area contributed by atoms with Crippen molar-refractivity contribution in [2.75, 3.05) is 6.61 Å². The molecule has 1 fully saturated rings. The molecule has 0 atom stereocenters. The third kappa shape index (κ3) is 2.96. The van der Waals surface area contributed by atoms with Gasteiger partial charge in [-0.1, -0.05) is 0 Å². The van der Waals surface area contributed by atoms with E-state index in [9.17, 15) is 9.18 Å². The third-order valence-corrected chi connectivity index (χ3v) is 4.06. The van der Waals surface area contributed by atoms with Gasteiger partial charge in [0.25, 0.3) is 5.91 Å². The van der Waals surface area contributed by atoms with E-state index in [-0.39, 0.29) is 11.5 Å². The molecular weight excluding hydrogens is 301 g/mol. The molecule has 0 aromatic carbocycles. The van der Waals surface area contributed by atoms with E-state index in [1.807, 2.05) is 0 Å². The lowest BCUT2D eigenvalue weighted by Crippen LogP contribution is -2.26. The molecule has 0 saturated heterocycles. The Balaban J connectivity index is 1.39. The van der Waals surface area contributed by atoms with E-state index >= 15 is 0 Å². The predicted octanol–water partition coefficient (Wildman–Crippen LogP) is 2.29. The van der Waals surface area contributed by atoms with Crippen molar-refractivity contribution in [1.29, 1.82) is 0 Å². The Morgan fingerprint density at radius 3 is 3.04 bits per heavy atom. The Kier molecular flexibility index (Phi) is 3.57. The van der Waals surface area contributed by atoms with Crippen molar-refractivity contribution in [2.24, 2.45) is 5.92 Å². The molecule has 23 heavy (non-hydrogen) atoms. The minimum atomic E-state index is -0.622. The molecule has 0 radical (unpaired) electrons. The van der Waals surface area contributed by atoms with E-state index in [1.165, 1.54) is 30.0 Å². The zero-order chi connectivity index (χ0) is 15.8. The normalized spacial score (nSPS) is 16.7. The molecule has 0 unspecified atom stereocenters. The first-order chi connectivity index (χ1) is 11.2. The number of oxazole rings is 1. The summed E-state index contributed by atoms with van der Waals surface area (Å²) in [5, 5.41) is 0. The van der Waals surface area contributed by atoms with E-state index in [0.717, 1.165) is 18.5 Å². The van der Waals surface area contributed by atoms with Gasteiger partial charge in [-0.15, -0.1) is 0 Å². The van der Waals surface area contributed by atoms with Crippen LogP contribution in [0, 0.1) is 11.7 Å². The van der Waals surface area contributed by atoms with Crippen LogP contribution in [0.2, 0.25) is 0 Å². The summed E-state index contributed by atoms with van der Waals surface area (Å²) in [4.78, 5) is 21.9. The highest BCUT2D eigenvalue weighted by Gasteiger charge is 2.30. The highest BCUT2D eigenvalue weighted by molar-refractivity contribution is 5.94. The molecule has 2 aromatic heterocycles. The first-order valence-electron chi connectivity index (χ1n) is 7.64. The van der Waals surface area contributed by atoms with Crippen molar-refractivity contribution in [1.82, 2.24) is 14.9 Å². The van der Waals surface area contributed by atoms with Gasteiger partial charge in [0.15, 0.2) is 5.82 Å². The van der Waals surface area contributed by atoms with E-state index in [0.29, 0.717) is 37.3 Å². The molecule has 0 bridgehead atoms. The molecular formula is C16H16FN3O3. The Morgan fingerprint density at radius 2 is 2.30 bits per heavy atom. The van der Waals surface area contributed by atoms with Crippen LogP contribution in [-0.2, 0) is 24.4 Å². The number of carbonyl (C=O) groups is 1. The van der Waals surface area contributed by atoms with Crippen LogP contribution in [0.5, 0.6) is 0 Å². The standard InChI is InChI=1S/C16H16FN3O3/c17-12-5-18-4-3-11(12)16(21)20-6-13-14(7-20)23-15(19-13)9-22-8-10-1-2-10/h3-5,10H,1-2,6-9H2. The fourth-order valence-electron chi connectivity index (χ4n) is 2.62. The molecule has 2 aliphatic rings. The van der Waals surface area contributed by atoms with Crippen molar-refractivity contribution in [3.8, 4) is 0 Å². The van der Waals surface area contributed by atoms with E-state index < -0.39 is 5.82 Å². The number of hydrogen-bond acceptors (Lipinski definition) is 5. The third-order valence-electron chi connectivity index (χ3n) is 4.06. The first kappa shape index (κ1) is 14.3. The summed E-state index contributed by atoms with van der Waals surface area (Å²) in [7, 11) is 0. The van der Waals surface area contributed by atoms with Gasteiger partial charge in [-0.2, -0.15) is 0 Å². The Hall–Kier alpha value is -2.28. The molecule has 7 heteroatoms. The number of ether oxygens (including phenoxy) is 1. The summed E-state index contributed by atoms with van der Waals surface area (Å²) in [5.41, 5.74) is 0.732. The quantitative estimate of drug-likeness (QED) is 0.846. The lowest BCUT2D eigenvalue weighted by Gasteiger charge is -2.15. The fraction of sp³-hybridized carbons (Fsp3) is 0.438. The SMILES string of the molecule is O=C(c1ccncc1F)N1Cc2nc(COCC3CC3)oc2C1. The van der Waals surface area contributed by atoms with Crippen LogP contribution in [0.15, 0.2) is 22.9 Å². The molecule has 2 aromatic rings. The van der Waals surface area contributed by atoms with Crippen molar-refractivity contribution >= 4 is 5.91 Å². The van der Waals surface area contributed by atoms with E-state index in [2.05, 4.69) is 9.97 Å². The second-order valence-corrected chi connectivity index (χ2v) is 5.95. The summed E-state index contributed by atoms with van der Waals surface area (Å²) in [6, 6.07) is 1.38. The summed E-state index contributed by atoms with van der Waals surface area (Å²) in [6.07, 6.45) is 4.92. The van der Waals surface area contributed by atoms with Crippen LogP contribution < -0.4 is 0 Å². The molecule has 1 amide bonds. The predicted molar refractivity (Wildman–Crippen MR) is 76.7 cm³/mol. The summed E-state index contributed by atoms with van der Waals surface area (Å²) >= 11 is 0. The van der Waals surface area contributed by atoms with Crippen molar-refractivity contribution in [3.05, 3.63) is 47.2 Å². The number of nitrogens with zero attached hydrogens (tertiary/aromatic N) is 3. The zero-order valence-electron chi connectivity index (χ0n) is 12.5. The number of pyridine rings is 1. The van der Waals surface area contributed by atoms with Gasteiger partial charge in [-0.05, 0) is 24.8 Å². The summed E-state index contributed by atoms with van der Waals surface area (Å²) in [5.74, 6) is 0.878. The Labute approximate surface area is 132 Å². The zero-order valence-corrected chi connectivity index (χ0v) is 12.5. The van der Waals surface area contributed by atoms with Crippen LogP contribution in [0.25, 0.3) is 0 Å². The van der Waals surface area contributed by atoms with Crippen LogP contribution in [-0.4, -0.2) is 27.4 Å². The van der Waals surface area contributed by atoms with Gasteiger partial charge in [0, 0.05) is 6.20 Å². The van der Waals surface area contributed by atoms with Gasteiger partial charge in [0.2, 0.25) is 5.89 Å². The Morgan fingerprint density at radius 1 is 1.43 bits per heavy atom. The number of amides is 1. The molecule has 120 valence electrons. The maximum Gasteiger partial charge on any atom is 0.257 e. The molecule has 4 rings (SSSR count). The highest BCUT2D eigenvalue weighted by Crippen LogP contribution is 2.29. The van der Waals surface area contributed by atoms with Crippen molar-refractivity contribution in [2.45, 2.75) is 32.5 Å². The van der Waals surface area contributed by atoms with Crippen LogP contribution >= 0.6 is 0 Å². The number of rotatable bonds is 5. The summed E-state index contributed by atoms with van der Waals surface area (Å²) in [6.45, 7) is 1.73. The highest BCUT2D eigenvalue weighted by atomic mass is 19.1.